The molecule has 5 nitrogen and oxygen atoms in total. The summed E-state index contributed by atoms with van der Waals surface area (Å²) in [6.07, 6.45) is 6.11. The van der Waals surface area contributed by atoms with Gasteiger partial charge in [-0.05, 0) is 31.3 Å². The number of rotatable bonds is 5. The number of likely N-dealkylation sites (N-methyl/N-ethyl adjacent to an activating group) is 1. The van der Waals surface area contributed by atoms with E-state index in [0.29, 0.717) is 23.2 Å². The summed E-state index contributed by atoms with van der Waals surface area (Å²) in [6, 6.07) is 2.13. The largest absolute Gasteiger partial charge is 0.366 e. The molecule has 0 saturated heterocycles. The molecule has 20 heavy (non-hydrogen) atoms. The summed E-state index contributed by atoms with van der Waals surface area (Å²) in [5.41, 5.74) is 5.64. The molecule has 1 saturated carbocycles. The van der Waals surface area contributed by atoms with Crippen molar-refractivity contribution in [3.05, 3.63) is 17.0 Å². The zero-order valence-corrected chi connectivity index (χ0v) is 12.5. The lowest BCUT2D eigenvalue weighted by molar-refractivity contribution is -0.117. The molecule has 2 amide bonds. The van der Waals surface area contributed by atoms with Gasteiger partial charge in [-0.3, -0.25) is 14.5 Å². The maximum Gasteiger partial charge on any atom is 0.251 e. The van der Waals surface area contributed by atoms with Gasteiger partial charge in [0, 0.05) is 6.04 Å². The Bertz CT molecular complexity index is 481. The highest BCUT2D eigenvalue weighted by Gasteiger charge is 2.20. The fourth-order valence-electron chi connectivity index (χ4n) is 2.64. The molecule has 2 rings (SSSR count). The number of carbonyl (C=O) groups is 2. The van der Waals surface area contributed by atoms with Gasteiger partial charge in [-0.1, -0.05) is 19.3 Å². The molecule has 1 aromatic heterocycles. The lowest BCUT2D eigenvalue weighted by atomic mass is 9.94. The molecule has 0 atom stereocenters. The molecule has 0 spiro atoms. The summed E-state index contributed by atoms with van der Waals surface area (Å²) in [7, 11) is 1.99. The van der Waals surface area contributed by atoms with Crippen LogP contribution in [0.2, 0.25) is 0 Å². The first-order valence-electron chi connectivity index (χ1n) is 6.95. The van der Waals surface area contributed by atoms with Crippen molar-refractivity contribution in [1.82, 2.24) is 4.90 Å². The average molecular weight is 295 g/mol. The first-order chi connectivity index (χ1) is 9.58. The minimum Gasteiger partial charge on any atom is -0.366 e. The van der Waals surface area contributed by atoms with Gasteiger partial charge in [-0.25, -0.2) is 0 Å². The van der Waals surface area contributed by atoms with E-state index in [1.807, 2.05) is 7.05 Å². The van der Waals surface area contributed by atoms with Crippen LogP contribution in [0.5, 0.6) is 0 Å². The van der Waals surface area contributed by atoms with Crippen molar-refractivity contribution in [2.45, 2.75) is 38.1 Å². The van der Waals surface area contributed by atoms with Crippen molar-refractivity contribution < 1.29 is 9.59 Å². The maximum atomic E-state index is 12.0. The van der Waals surface area contributed by atoms with E-state index >= 15 is 0 Å². The average Bonchev–Trinajstić information content (AvgIpc) is 2.87. The molecular formula is C14H21N3O2S. The topological polar surface area (TPSA) is 75.4 Å². The highest BCUT2D eigenvalue weighted by Crippen LogP contribution is 2.24. The molecule has 1 aliphatic rings. The molecule has 0 aromatic carbocycles. The molecule has 110 valence electrons. The van der Waals surface area contributed by atoms with Gasteiger partial charge in [0.05, 0.1) is 12.1 Å². The van der Waals surface area contributed by atoms with E-state index in [4.69, 9.17) is 5.73 Å². The van der Waals surface area contributed by atoms with E-state index < -0.39 is 5.91 Å². The molecule has 1 aliphatic carbocycles. The van der Waals surface area contributed by atoms with Crippen LogP contribution in [-0.4, -0.2) is 36.3 Å². The zero-order chi connectivity index (χ0) is 14.5. The molecule has 0 aliphatic heterocycles. The Labute approximate surface area is 123 Å². The number of nitrogens with two attached hydrogens (primary N) is 1. The predicted molar refractivity (Wildman–Crippen MR) is 81.0 cm³/mol. The molecule has 6 heteroatoms. The molecule has 3 N–H and O–H groups in total. The third-order valence-corrected chi connectivity index (χ3v) is 4.60. The van der Waals surface area contributed by atoms with E-state index in [-0.39, 0.29) is 5.91 Å². The molecule has 1 fully saturated rings. The highest BCUT2D eigenvalue weighted by atomic mass is 32.1. The summed E-state index contributed by atoms with van der Waals surface area (Å²) >= 11 is 1.32. The number of anilines is 1. The Kier molecular flexibility index (Phi) is 5.14. The second-order valence-electron chi connectivity index (χ2n) is 5.28. The lowest BCUT2D eigenvalue weighted by Gasteiger charge is -2.30. The van der Waals surface area contributed by atoms with Crippen molar-refractivity contribution >= 4 is 28.2 Å². The number of hydrogen-bond donors (Lipinski definition) is 2. The van der Waals surface area contributed by atoms with Crippen LogP contribution < -0.4 is 11.1 Å². The van der Waals surface area contributed by atoms with Crippen molar-refractivity contribution in [3.8, 4) is 0 Å². The van der Waals surface area contributed by atoms with Gasteiger partial charge in [0.1, 0.15) is 5.00 Å². The number of nitrogens with zero attached hydrogens (tertiary/aromatic N) is 1. The molecule has 1 heterocycles. The lowest BCUT2D eigenvalue weighted by Crippen LogP contribution is -2.39. The van der Waals surface area contributed by atoms with Gasteiger partial charge in [0.25, 0.3) is 5.91 Å². The molecule has 1 aromatic rings. The minimum atomic E-state index is -0.512. The Hall–Kier alpha value is -1.40. The van der Waals surface area contributed by atoms with Crippen LogP contribution >= 0.6 is 11.3 Å². The number of nitrogens with one attached hydrogen (secondary N) is 1. The number of primary amides is 1. The monoisotopic (exact) mass is 295 g/mol. The normalized spacial score (nSPS) is 16.3. The fourth-order valence-corrected chi connectivity index (χ4v) is 3.45. The van der Waals surface area contributed by atoms with Crippen LogP contribution in [-0.2, 0) is 4.79 Å². The smallest absolute Gasteiger partial charge is 0.251 e. The van der Waals surface area contributed by atoms with Crippen molar-refractivity contribution in [2.75, 3.05) is 18.9 Å². The quantitative estimate of drug-likeness (QED) is 0.873. The first kappa shape index (κ1) is 15.0. The van der Waals surface area contributed by atoms with Gasteiger partial charge < -0.3 is 11.1 Å². The highest BCUT2D eigenvalue weighted by molar-refractivity contribution is 7.14. The standard InChI is InChI=1S/C14H21N3O2S/c1-17(10-5-3-2-4-6-10)9-12(18)16-14-11(13(15)19)7-8-20-14/h7-8,10H,2-6,9H2,1H3,(H2,15,19)(H,16,18). The van der Waals surface area contributed by atoms with E-state index in [0.717, 1.165) is 12.8 Å². The summed E-state index contributed by atoms with van der Waals surface area (Å²) in [4.78, 5) is 25.3. The second kappa shape index (κ2) is 6.85. The minimum absolute atomic E-state index is 0.0944. The zero-order valence-electron chi connectivity index (χ0n) is 11.7. The number of hydrogen-bond acceptors (Lipinski definition) is 4. The van der Waals surface area contributed by atoms with E-state index in [1.165, 1.54) is 30.6 Å². The number of carbonyl (C=O) groups excluding carboxylic acids is 2. The Balaban J connectivity index is 1.88. The van der Waals surface area contributed by atoms with Crippen molar-refractivity contribution in [3.63, 3.8) is 0 Å². The summed E-state index contributed by atoms with van der Waals surface area (Å²) in [5.74, 6) is -0.606. The van der Waals surface area contributed by atoms with Crippen molar-refractivity contribution in [2.24, 2.45) is 5.73 Å². The van der Waals surface area contributed by atoms with Gasteiger partial charge in [0.2, 0.25) is 5.91 Å². The molecule has 0 unspecified atom stereocenters. The summed E-state index contributed by atoms with van der Waals surface area (Å²) < 4.78 is 0. The van der Waals surface area contributed by atoms with Gasteiger partial charge in [-0.15, -0.1) is 11.3 Å². The van der Waals surface area contributed by atoms with Gasteiger partial charge in [0.15, 0.2) is 0 Å². The third kappa shape index (κ3) is 3.80. The predicted octanol–water partition coefficient (Wildman–Crippen LogP) is 2.05. The van der Waals surface area contributed by atoms with Gasteiger partial charge in [-0.2, -0.15) is 0 Å². The number of thiophene rings is 1. The van der Waals surface area contributed by atoms with E-state index in [9.17, 15) is 9.59 Å². The third-order valence-electron chi connectivity index (χ3n) is 3.77. The SMILES string of the molecule is CN(CC(=O)Nc1sccc1C(N)=O)C1CCCCC1. The molecule has 0 radical (unpaired) electrons. The van der Waals surface area contributed by atoms with Crippen LogP contribution in [0.3, 0.4) is 0 Å². The van der Waals surface area contributed by atoms with E-state index in [2.05, 4.69) is 10.2 Å². The van der Waals surface area contributed by atoms with Crippen LogP contribution in [0.4, 0.5) is 5.00 Å². The number of amides is 2. The van der Waals surface area contributed by atoms with Crippen LogP contribution in [0.25, 0.3) is 0 Å². The Morgan fingerprint density at radius 1 is 1.40 bits per heavy atom. The summed E-state index contributed by atoms with van der Waals surface area (Å²) in [5, 5.41) is 5.07. The van der Waals surface area contributed by atoms with Crippen LogP contribution in [0.15, 0.2) is 11.4 Å². The maximum absolute atomic E-state index is 12.0. The first-order valence-corrected chi connectivity index (χ1v) is 7.83. The summed E-state index contributed by atoms with van der Waals surface area (Å²) in [6.45, 7) is 0.348. The van der Waals surface area contributed by atoms with Crippen LogP contribution in [0, 0.1) is 0 Å². The Morgan fingerprint density at radius 2 is 2.10 bits per heavy atom. The van der Waals surface area contributed by atoms with Crippen molar-refractivity contribution in [1.29, 1.82) is 0 Å². The van der Waals surface area contributed by atoms with E-state index in [1.54, 1.807) is 11.4 Å². The van der Waals surface area contributed by atoms with Gasteiger partial charge >= 0.3 is 0 Å². The second-order valence-corrected chi connectivity index (χ2v) is 6.20. The Morgan fingerprint density at radius 3 is 2.75 bits per heavy atom. The fraction of sp³-hybridized carbons (Fsp3) is 0.571. The molecule has 0 bridgehead atoms. The molecular weight excluding hydrogens is 274 g/mol. The van der Waals surface area contributed by atoms with Crippen LogP contribution in [0.1, 0.15) is 42.5 Å².